The fourth-order valence-electron chi connectivity index (χ4n) is 9.29. The van der Waals surface area contributed by atoms with Crippen molar-refractivity contribution in [2.75, 3.05) is 4.90 Å². The second-order valence-corrected chi connectivity index (χ2v) is 16.3. The number of benzene rings is 9. The molecule has 9 aromatic carbocycles. The van der Waals surface area contributed by atoms with E-state index in [4.69, 9.17) is 0 Å². The predicted molar refractivity (Wildman–Crippen MR) is 237 cm³/mol. The minimum Gasteiger partial charge on any atom is -0.309 e. The van der Waals surface area contributed by atoms with E-state index >= 15 is 0 Å². The maximum Gasteiger partial charge on any atom is 0.0640 e. The highest BCUT2D eigenvalue weighted by Crippen LogP contribution is 2.54. The van der Waals surface area contributed by atoms with Gasteiger partial charge in [0, 0.05) is 32.3 Å². The Kier molecular flexibility index (Phi) is 7.14. The van der Waals surface area contributed by atoms with Crippen molar-refractivity contribution in [2.24, 2.45) is 0 Å². The lowest BCUT2D eigenvalue weighted by atomic mass is 9.80. The van der Waals surface area contributed by atoms with E-state index in [0.717, 1.165) is 11.4 Å². The van der Waals surface area contributed by atoms with Crippen LogP contribution in [0.25, 0.3) is 75.1 Å². The first-order valence-corrected chi connectivity index (χ1v) is 19.9. The normalized spacial score (nSPS) is 13.1. The van der Waals surface area contributed by atoms with E-state index in [1.54, 1.807) is 0 Å². The molecule has 11 rings (SSSR count). The summed E-state index contributed by atoms with van der Waals surface area (Å²) < 4.78 is 2.60. The molecule has 1 aliphatic rings. The summed E-state index contributed by atoms with van der Waals surface area (Å²) in [7, 11) is 0. The zero-order valence-corrected chi connectivity index (χ0v) is 31.6. The van der Waals surface area contributed by atoms with Crippen LogP contribution < -0.4 is 4.90 Å². The standard InChI is InChI=1S/C53H37NS/c1-53(2)47-33-39(30-32-43(47)45-31-27-35-15-6-7-18-42(35)51(45)53)54(48-23-12-22-46-44-19-8-9-24-49(44)55-52(46)48)38-28-25-36(26-29-38)41-21-11-17-37-16-10-20-40(50(37)41)34-13-4-3-5-14-34/h3-33H,1-2H3. The van der Waals surface area contributed by atoms with E-state index in [0.29, 0.717) is 0 Å². The van der Waals surface area contributed by atoms with Crippen LogP contribution >= 0.6 is 11.3 Å². The molecule has 0 aliphatic heterocycles. The molecule has 0 atom stereocenters. The Hall–Kier alpha value is -6.48. The SMILES string of the molecule is CC1(C)c2cc(N(c3ccc(-c4cccc5cccc(-c6ccccc6)c45)cc3)c3cccc4c3sc3ccccc34)ccc2-c2ccc3ccccc3c21. The van der Waals surface area contributed by atoms with Crippen molar-refractivity contribution < 1.29 is 0 Å². The van der Waals surface area contributed by atoms with Crippen LogP contribution in [0.4, 0.5) is 17.1 Å². The highest BCUT2D eigenvalue weighted by atomic mass is 32.1. The van der Waals surface area contributed by atoms with E-state index in [1.165, 1.54) is 91.9 Å². The lowest BCUT2D eigenvalue weighted by Gasteiger charge is -2.29. The molecule has 260 valence electrons. The molecule has 0 amide bonds. The van der Waals surface area contributed by atoms with Gasteiger partial charge in [-0.1, -0.05) is 166 Å². The van der Waals surface area contributed by atoms with Crippen LogP contribution in [-0.4, -0.2) is 0 Å². The molecule has 1 nitrogen and oxygen atoms in total. The second-order valence-electron chi connectivity index (χ2n) is 15.3. The van der Waals surface area contributed by atoms with Gasteiger partial charge >= 0.3 is 0 Å². The van der Waals surface area contributed by atoms with Crippen molar-refractivity contribution in [1.82, 2.24) is 0 Å². The smallest absolute Gasteiger partial charge is 0.0640 e. The number of rotatable bonds is 5. The monoisotopic (exact) mass is 719 g/mol. The van der Waals surface area contributed by atoms with Crippen LogP contribution in [0.5, 0.6) is 0 Å². The zero-order valence-electron chi connectivity index (χ0n) is 30.8. The third-order valence-corrected chi connectivity index (χ3v) is 13.0. The Morgan fingerprint density at radius 3 is 1.85 bits per heavy atom. The maximum absolute atomic E-state index is 2.48. The van der Waals surface area contributed by atoms with Crippen molar-refractivity contribution >= 4 is 70.1 Å². The van der Waals surface area contributed by atoms with Gasteiger partial charge in [-0.2, -0.15) is 0 Å². The number of nitrogens with zero attached hydrogens (tertiary/aromatic N) is 1. The number of thiophene rings is 1. The Morgan fingerprint density at radius 2 is 1.05 bits per heavy atom. The fourth-order valence-corrected chi connectivity index (χ4v) is 10.5. The van der Waals surface area contributed by atoms with Crippen LogP contribution in [0.15, 0.2) is 188 Å². The number of fused-ring (bicyclic) bond motifs is 9. The first-order valence-electron chi connectivity index (χ1n) is 19.1. The molecule has 0 saturated heterocycles. The predicted octanol–water partition coefficient (Wildman–Crippen LogP) is 15.5. The molecule has 0 N–H and O–H groups in total. The Bertz CT molecular complexity index is 3110. The molecule has 10 aromatic rings. The molecule has 0 saturated carbocycles. The van der Waals surface area contributed by atoms with E-state index in [2.05, 4.69) is 207 Å². The van der Waals surface area contributed by atoms with Gasteiger partial charge in [-0.15, -0.1) is 11.3 Å². The van der Waals surface area contributed by atoms with Gasteiger partial charge in [0.25, 0.3) is 0 Å². The number of hydrogen-bond acceptors (Lipinski definition) is 2. The summed E-state index contributed by atoms with van der Waals surface area (Å²) in [5, 5.41) is 7.77. The molecule has 2 heteroatoms. The largest absolute Gasteiger partial charge is 0.309 e. The molecule has 0 unspecified atom stereocenters. The average molecular weight is 720 g/mol. The number of hydrogen-bond donors (Lipinski definition) is 0. The highest BCUT2D eigenvalue weighted by molar-refractivity contribution is 7.26. The van der Waals surface area contributed by atoms with Crippen molar-refractivity contribution in [3.63, 3.8) is 0 Å². The molecule has 1 heterocycles. The summed E-state index contributed by atoms with van der Waals surface area (Å²) in [5.41, 5.74) is 13.7. The van der Waals surface area contributed by atoms with Gasteiger partial charge < -0.3 is 4.90 Å². The average Bonchev–Trinajstić information content (AvgIpc) is 3.73. The summed E-state index contributed by atoms with van der Waals surface area (Å²) >= 11 is 1.88. The van der Waals surface area contributed by atoms with Crippen LogP contribution in [0.3, 0.4) is 0 Å². The summed E-state index contributed by atoms with van der Waals surface area (Å²) in [6.45, 7) is 4.79. The molecule has 0 radical (unpaired) electrons. The van der Waals surface area contributed by atoms with E-state index < -0.39 is 0 Å². The molecule has 0 fully saturated rings. The van der Waals surface area contributed by atoms with Crippen molar-refractivity contribution in [3.05, 3.63) is 199 Å². The number of anilines is 3. The van der Waals surface area contributed by atoms with E-state index in [-0.39, 0.29) is 5.41 Å². The third-order valence-electron chi connectivity index (χ3n) is 11.8. The molecule has 0 spiro atoms. The first kappa shape index (κ1) is 32.0. The van der Waals surface area contributed by atoms with Crippen molar-refractivity contribution in [3.8, 4) is 33.4 Å². The van der Waals surface area contributed by atoms with Crippen LogP contribution in [0, 0.1) is 0 Å². The van der Waals surface area contributed by atoms with Gasteiger partial charge in [-0.05, 0) is 102 Å². The van der Waals surface area contributed by atoms with Crippen LogP contribution in [0.1, 0.15) is 25.0 Å². The zero-order chi connectivity index (χ0) is 36.7. The summed E-state index contributed by atoms with van der Waals surface area (Å²) in [6.07, 6.45) is 0. The Balaban J connectivity index is 1.10. The van der Waals surface area contributed by atoms with E-state index in [1.807, 2.05) is 11.3 Å². The molecular formula is C53H37NS. The Labute approximate surface area is 325 Å². The van der Waals surface area contributed by atoms with Gasteiger partial charge in [0.05, 0.1) is 10.4 Å². The molecular weight excluding hydrogens is 683 g/mol. The molecule has 1 aromatic heterocycles. The fraction of sp³-hybridized carbons (Fsp3) is 0.0566. The first-order chi connectivity index (χ1) is 27.0. The summed E-state index contributed by atoms with van der Waals surface area (Å²) in [6, 6.07) is 69.5. The molecule has 0 bridgehead atoms. The maximum atomic E-state index is 2.48. The van der Waals surface area contributed by atoms with E-state index in [9.17, 15) is 0 Å². The van der Waals surface area contributed by atoms with Crippen LogP contribution in [0.2, 0.25) is 0 Å². The van der Waals surface area contributed by atoms with Gasteiger partial charge in [-0.25, -0.2) is 0 Å². The van der Waals surface area contributed by atoms with Crippen molar-refractivity contribution in [1.29, 1.82) is 0 Å². The van der Waals surface area contributed by atoms with Gasteiger partial charge in [0.1, 0.15) is 0 Å². The lowest BCUT2D eigenvalue weighted by Crippen LogP contribution is -2.17. The Morgan fingerprint density at radius 1 is 0.436 bits per heavy atom. The van der Waals surface area contributed by atoms with Gasteiger partial charge in [0.2, 0.25) is 0 Å². The van der Waals surface area contributed by atoms with Gasteiger partial charge in [0.15, 0.2) is 0 Å². The summed E-state index contributed by atoms with van der Waals surface area (Å²) in [4.78, 5) is 2.48. The molecule has 55 heavy (non-hydrogen) atoms. The third kappa shape index (κ3) is 4.92. The quantitative estimate of drug-likeness (QED) is 0.171. The lowest BCUT2D eigenvalue weighted by molar-refractivity contribution is 0.666. The van der Waals surface area contributed by atoms with Gasteiger partial charge in [-0.3, -0.25) is 0 Å². The second kappa shape index (κ2) is 12.3. The highest BCUT2D eigenvalue weighted by Gasteiger charge is 2.37. The topological polar surface area (TPSA) is 3.24 Å². The van der Waals surface area contributed by atoms with Crippen molar-refractivity contribution in [2.45, 2.75) is 19.3 Å². The minimum absolute atomic E-state index is 0.161. The molecule has 1 aliphatic carbocycles. The summed E-state index contributed by atoms with van der Waals surface area (Å²) in [5.74, 6) is 0. The van der Waals surface area contributed by atoms with Crippen LogP contribution in [-0.2, 0) is 5.41 Å². The minimum atomic E-state index is -0.161.